The third kappa shape index (κ3) is 5.62. The van der Waals surface area contributed by atoms with Gasteiger partial charge in [0, 0.05) is 19.0 Å². The molecule has 7 nitrogen and oxygen atoms in total. The maximum absolute atomic E-state index is 13.5. The predicted molar refractivity (Wildman–Crippen MR) is 92.1 cm³/mol. The van der Waals surface area contributed by atoms with E-state index in [9.17, 15) is 14.0 Å². The van der Waals surface area contributed by atoms with Crippen LogP contribution < -0.4 is 10.1 Å². The molecular formula is C18H22FN3O4. The number of benzene rings is 1. The first-order chi connectivity index (χ1) is 12.2. The van der Waals surface area contributed by atoms with E-state index in [0.717, 1.165) is 6.07 Å². The van der Waals surface area contributed by atoms with Crippen molar-refractivity contribution in [2.24, 2.45) is 0 Å². The lowest BCUT2D eigenvalue weighted by molar-refractivity contribution is -0.115. The highest BCUT2D eigenvalue weighted by atomic mass is 19.1. The number of amides is 2. The van der Waals surface area contributed by atoms with Gasteiger partial charge in [-0.2, -0.15) is 5.26 Å². The number of anilines is 1. The van der Waals surface area contributed by atoms with E-state index in [0.29, 0.717) is 19.5 Å². The standard InChI is InChI=1S/C18H22FN3O4/c1-18(2,3)26-17(24)22-9-7-13(11-22)25-15-5-4-12(19)10-14(15)21-16(23)6-8-20/h4-5,10,13H,6-7,9,11H2,1-3H3,(H,21,23). The van der Waals surface area contributed by atoms with Crippen LogP contribution >= 0.6 is 0 Å². The molecule has 26 heavy (non-hydrogen) atoms. The zero-order valence-electron chi connectivity index (χ0n) is 15.0. The van der Waals surface area contributed by atoms with Crippen LogP contribution in [0.15, 0.2) is 18.2 Å². The van der Waals surface area contributed by atoms with Crippen molar-refractivity contribution in [2.45, 2.75) is 45.3 Å². The fraction of sp³-hybridized carbons (Fsp3) is 0.500. The molecule has 1 heterocycles. The number of halogens is 1. The summed E-state index contributed by atoms with van der Waals surface area (Å²) in [6.45, 7) is 6.20. The number of hydrogen-bond donors (Lipinski definition) is 1. The van der Waals surface area contributed by atoms with E-state index < -0.39 is 23.4 Å². The fourth-order valence-corrected chi connectivity index (χ4v) is 2.47. The van der Waals surface area contributed by atoms with Crippen molar-refractivity contribution < 1.29 is 23.5 Å². The van der Waals surface area contributed by atoms with E-state index in [1.165, 1.54) is 12.1 Å². The number of carbonyl (C=O) groups is 2. The molecule has 0 spiro atoms. The maximum atomic E-state index is 13.5. The van der Waals surface area contributed by atoms with Gasteiger partial charge in [0.25, 0.3) is 0 Å². The average molecular weight is 363 g/mol. The number of nitrogens with zero attached hydrogens (tertiary/aromatic N) is 2. The molecule has 1 fully saturated rings. The summed E-state index contributed by atoms with van der Waals surface area (Å²) in [5, 5.41) is 11.0. The van der Waals surface area contributed by atoms with Crippen molar-refractivity contribution in [1.82, 2.24) is 4.90 Å². The highest BCUT2D eigenvalue weighted by molar-refractivity contribution is 5.93. The van der Waals surface area contributed by atoms with Gasteiger partial charge in [-0.25, -0.2) is 9.18 Å². The van der Waals surface area contributed by atoms with Gasteiger partial charge in [-0.1, -0.05) is 0 Å². The number of nitriles is 1. The second kappa shape index (κ2) is 8.04. The predicted octanol–water partition coefficient (Wildman–Crippen LogP) is 3.07. The van der Waals surface area contributed by atoms with Gasteiger partial charge in [-0.3, -0.25) is 4.79 Å². The number of hydrogen-bond acceptors (Lipinski definition) is 5. The second-order valence-corrected chi connectivity index (χ2v) is 6.98. The normalized spacial score (nSPS) is 16.7. The summed E-state index contributed by atoms with van der Waals surface area (Å²) in [5.41, 5.74) is -0.425. The summed E-state index contributed by atoms with van der Waals surface area (Å²) in [5.74, 6) is -0.801. The van der Waals surface area contributed by atoms with Crippen LogP contribution in [0.3, 0.4) is 0 Å². The molecule has 0 saturated carbocycles. The van der Waals surface area contributed by atoms with Crippen molar-refractivity contribution in [3.05, 3.63) is 24.0 Å². The molecule has 0 aromatic heterocycles. The Bertz CT molecular complexity index is 724. The van der Waals surface area contributed by atoms with E-state index in [1.54, 1.807) is 31.7 Å². The zero-order valence-corrected chi connectivity index (χ0v) is 15.0. The van der Waals surface area contributed by atoms with Crippen molar-refractivity contribution in [2.75, 3.05) is 18.4 Å². The van der Waals surface area contributed by atoms with E-state index >= 15 is 0 Å². The molecule has 0 bridgehead atoms. The number of carbonyl (C=O) groups excluding carboxylic acids is 2. The number of rotatable bonds is 4. The smallest absolute Gasteiger partial charge is 0.410 e. The topological polar surface area (TPSA) is 91.7 Å². The first kappa shape index (κ1) is 19.5. The highest BCUT2D eigenvalue weighted by Crippen LogP contribution is 2.29. The Kier molecular flexibility index (Phi) is 6.03. The molecule has 1 aliphatic heterocycles. The Morgan fingerprint density at radius 3 is 2.81 bits per heavy atom. The van der Waals surface area contributed by atoms with Crippen LogP contribution in [0.4, 0.5) is 14.9 Å². The molecule has 1 aromatic carbocycles. The number of ether oxygens (including phenoxy) is 2. The van der Waals surface area contributed by atoms with Crippen LogP contribution in [0.25, 0.3) is 0 Å². The lowest BCUT2D eigenvalue weighted by Gasteiger charge is -2.24. The van der Waals surface area contributed by atoms with Crippen molar-refractivity contribution in [3.8, 4) is 11.8 Å². The first-order valence-electron chi connectivity index (χ1n) is 8.29. The van der Waals surface area contributed by atoms with E-state index in [1.807, 2.05) is 0 Å². The molecule has 1 N–H and O–H groups in total. The van der Waals surface area contributed by atoms with Gasteiger partial charge < -0.3 is 19.7 Å². The lowest BCUT2D eigenvalue weighted by Crippen LogP contribution is -2.36. The summed E-state index contributed by atoms with van der Waals surface area (Å²) >= 11 is 0. The number of nitrogens with one attached hydrogen (secondary N) is 1. The monoisotopic (exact) mass is 363 g/mol. The molecule has 1 atom stereocenters. The van der Waals surface area contributed by atoms with E-state index in [-0.39, 0.29) is 24.0 Å². The van der Waals surface area contributed by atoms with Gasteiger partial charge in [0.2, 0.25) is 5.91 Å². The molecule has 1 unspecified atom stereocenters. The van der Waals surface area contributed by atoms with E-state index in [4.69, 9.17) is 14.7 Å². The second-order valence-electron chi connectivity index (χ2n) is 6.98. The SMILES string of the molecule is CC(C)(C)OC(=O)N1CCC(Oc2ccc(F)cc2NC(=O)CC#N)C1. The molecule has 1 saturated heterocycles. The van der Waals surface area contributed by atoms with Gasteiger partial charge in [-0.15, -0.1) is 0 Å². The molecule has 1 aliphatic rings. The Labute approximate surface area is 151 Å². The molecule has 2 amide bonds. The van der Waals surface area contributed by atoms with Gasteiger partial charge in [0.05, 0.1) is 18.3 Å². The Hall–Kier alpha value is -2.82. The van der Waals surface area contributed by atoms with Gasteiger partial charge in [0.15, 0.2) is 0 Å². The third-order valence-electron chi connectivity index (χ3n) is 3.55. The van der Waals surface area contributed by atoms with Crippen LogP contribution in [-0.4, -0.2) is 41.7 Å². The van der Waals surface area contributed by atoms with Crippen LogP contribution in [0.5, 0.6) is 5.75 Å². The third-order valence-corrected chi connectivity index (χ3v) is 3.55. The summed E-state index contributed by atoms with van der Waals surface area (Å²) in [6.07, 6.45) is -0.474. The van der Waals surface area contributed by atoms with Crippen LogP contribution in [0.2, 0.25) is 0 Å². The minimum Gasteiger partial charge on any atom is -0.486 e. The molecule has 1 aromatic rings. The van der Waals surface area contributed by atoms with Crippen molar-refractivity contribution in [1.29, 1.82) is 5.26 Å². The lowest BCUT2D eigenvalue weighted by atomic mass is 10.2. The molecule has 8 heteroatoms. The Morgan fingerprint density at radius 1 is 1.42 bits per heavy atom. The molecule has 0 aliphatic carbocycles. The summed E-state index contributed by atoms with van der Waals surface area (Å²) < 4.78 is 24.7. The van der Waals surface area contributed by atoms with Gasteiger partial charge in [-0.05, 0) is 32.9 Å². The number of likely N-dealkylation sites (tertiary alicyclic amines) is 1. The van der Waals surface area contributed by atoms with Crippen LogP contribution in [0.1, 0.15) is 33.6 Å². The summed E-state index contributed by atoms with van der Waals surface area (Å²) in [7, 11) is 0. The molecule has 0 radical (unpaired) electrons. The maximum Gasteiger partial charge on any atom is 0.410 e. The summed E-state index contributed by atoms with van der Waals surface area (Å²) in [6, 6.07) is 5.49. The molecular weight excluding hydrogens is 341 g/mol. The van der Waals surface area contributed by atoms with E-state index in [2.05, 4.69) is 5.32 Å². The van der Waals surface area contributed by atoms with Crippen molar-refractivity contribution in [3.63, 3.8) is 0 Å². The van der Waals surface area contributed by atoms with Gasteiger partial charge >= 0.3 is 6.09 Å². The minimum absolute atomic E-state index is 0.154. The Balaban J connectivity index is 2.02. The Morgan fingerprint density at radius 2 is 2.15 bits per heavy atom. The molecule has 140 valence electrons. The average Bonchev–Trinajstić information content (AvgIpc) is 2.97. The van der Waals surface area contributed by atoms with Crippen LogP contribution in [0, 0.1) is 17.1 Å². The quantitative estimate of drug-likeness (QED) is 0.888. The zero-order chi connectivity index (χ0) is 19.3. The fourth-order valence-electron chi connectivity index (χ4n) is 2.47. The minimum atomic E-state index is -0.578. The van der Waals surface area contributed by atoms with Crippen LogP contribution in [-0.2, 0) is 9.53 Å². The summed E-state index contributed by atoms with van der Waals surface area (Å²) in [4.78, 5) is 25.3. The largest absolute Gasteiger partial charge is 0.486 e. The molecule has 2 rings (SSSR count). The van der Waals surface area contributed by atoms with Gasteiger partial charge in [0.1, 0.15) is 29.7 Å². The first-order valence-corrected chi connectivity index (χ1v) is 8.29. The highest BCUT2D eigenvalue weighted by Gasteiger charge is 2.31. The van der Waals surface area contributed by atoms with Crippen molar-refractivity contribution >= 4 is 17.7 Å².